The largest absolute Gasteiger partial charge is 0.480 e. The van der Waals surface area contributed by atoms with Crippen molar-refractivity contribution in [3.05, 3.63) is 71.3 Å². The van der Waals surface area contributed by atoms with Gasteiger partial charge in [0.2, 0.25) is 5.91 Å². The third-order valence-electron chi connectivity index (χ3n) is 4.98. The number of alkyl carbamates (subject to hydrolysis) is 1. The Morgan fingerprint density at radius 2 is 1.88 bits per heavy atom. The van der Waals surface area contributed by atoms with E-state index in [-0.39, 0.29) is 25.4 Å². The normalized spacial score (nSPS) is 15.4. The number of hydrogen-bond donors (Lipinski definition) is 5. The number of benzene rings is 2. The van der Waals surface area contributed by atoms with Crippen molar-refractivity contribution in [2.24, 2.45) is 10.9 Å². The van der Waals surface area contributed by atoms with Crippen molar-refractivity contribution in [3.63, 3.8) is 0 Å². The van der Waals surface area contributed by atoms with Crippen LogP contribution < -0.4 is 16.4 Å². The standard InChI is InChI=1S/C23H25N5O6/c24-21(25)16-8-6-15(7-9-16)18-10-17(34-28-18)11-20(29)26-12-19(22(30)31)27-23(32)33-13-14-4-2-1-3-5-14/h1-9,17,19H,10-13H2,(H3,24,25)(H,26,29)(H,27,32)(H,30,31)/t17?,19-/m0/s1. The van der Waals surface area contributed by atoms with Gasteiger partial charge in [-0.1, -0.05) is 59.8 Å². The third-order valence-corrected chi connectivity index (χ3v) is 4.98. The second-order valence-electron chi connectivity index (χ2n) is 7.57. The molecule has 3 rings (SSSR count). The molecular weight excluding hydrogens is 442 g/mol. The van der Waals surface area contributed by atoms with Crippen molar-refractivity contribution in [1.82, 2.24) is 10.6 Å². The van der Waals surface area contributed by atoms with E-state index in [0.29, 0.717) is 17.7 Å². The van der Waals surface area contributed by atoms with Gasteiger partial charge in [-0.05, 0) is 11.1 Å². The molecule has 0 aliphatic carbocycles. The van der Waals surface area contributed by atoms with E-state index in [0.717, 1.165) is 11.1 Å². The number of amides is 2. The molecule has 6 N–H and O–H groups in total. The monoisotopic (exact) mass is 467 g/mol. The van der Waals surface area contributed by atoms with Crippen molar-refractivity contribution in [3.8, 4) is 0 Å². The molecule has 1 unspecified atom stereocenters. The van der Waals surface area contributed by atoms with E-state index in [1.807, 2.05) is 6.07 Å². The Hall–Kier alpha value is -4.41. The number of carboxylic acids is 1. The molecule has 1 aliphatic rings. The number of nitrogen functional groups attached to an aromatic ring is 1. The number of nitrogens with two attached hydrogens (primary N) is 1. The minimum atomic E-state index is -1.36. The van der Waals surface area contributed by atoms with Crippen LogP contribution in [-0.2, 0) is 25.8 Å². The Labute approximate surface area is 195 Å². The maximum Gasteiger partial charge on any atom is 0.408 e. The van der Waals surface area contributed by atoms with Gasteiger partial charge in [-0.2, -0.15) is 0 Å². The van der Waals surface area contributed by atoms with Gasteiger partial charge in [0.1, 0.15) is 24.6 Å². The molecule has 0 saturated heterocycles. The first-order valence-electron chi connectivity index (χ1n) is 10.5. The van der Waals surface area contributed by atoms with Gasteiger partial charge in [-0.25, -0.2) is 9.59 Å². The van der Waals surface area contributed by atoms with E-state index in [1.54, 1.807) is 48.5 Å². The number of carbonyl (C=O) groups is 3. The van der Waals surface area contributed by atoms with Crippen LogP contribution in [0, 0.1) is 5.41 Å². The predicted octanol–water partition coefficient (Wildman–Crippen LogP) is 1.35. The van der Waals surface area contributed by atoms with E-state index in [9.17, 15) is 19.5 Å². The van der Waals surface area contributed by atoms with Gasteiger partial charge in [0.15, 0.2) is 0 Å². The lowest BCUT2D eigenvalue weighted by Crippen LogP contribution is -2.48. The fourth-order valence-corrected chi connectivity index (χ4v) is 3.15. The Morgan fingerprint density at radius 1 is 1.18 bits per heavy atom. The van der Waals surface area contributed by atoms with Crippen molar-refractivity contribution in [2.75, 3.05) is 6.54 Å². The Balaban J connectivity index is 1.41. The molecule has 0 radical (unpaired) electrons. The second kappa shape index (κ2) is 11.5. The lowest BCUT2D eigenvalue weighted by Gasteiger charge is -2.16. The van der Waals surface area contributed by atoms with Gasteiger partial charge in [0, 0.05) is 18.5 Å². The van der Waals surface area contributed by atoms with Crippen LogP contribution in [0.4, 0.5) is 4.79 Å². The summed E-state index contributed by atoms with van der Waals surface area (Å²) in [6, 6.07) is 14.5. The molecule has 2 amide bonds. The van der Waals surface area contributed by atoms with Gasteiger partial charge in [-0.15, -0.1) is 0 Å². The molecular formula is C23H25N5O6. The summed E-state index contributed by atoms with van der Waals surface area (Å²) in [7, 11) is 0. The van der Waals surface area contributed by atoms with Crippen LogP contribution in [0.1, 0.15) is 29.5 Å². The molecule has 0 saturated carbocycles. The van der Waals surface area contributed by atoms with Crippen LogP contribution in [0.5, 0.6) is 0 Å². The van der Waals surface area contributed by atoms with E-state index >= 15 is 0 Å². The van der Waals surface area contributed by atoms with Crippen molar-refractivity contribution >= 4 is 29.5 Å². The van der Waals surface area contributed by atoms with Gasteiger partial charge in [-0.3, -0.25) is 10.2 Å². The first-order chi connectivity index (χ1) is 16.3. The van der Waals surface area contributed by atoms with Crippen LogP contribution in [0.3, 0.4) is 0 Å². The fraction of sp³-hybridized carbons (Fsp3) is 0.261. The zero-order valence-corrected chi connectivity index (χ0v) is 18.2. The molecule has 1 aliphatic heterocycles. The van der Waals surface area contributed by atoms with Gasteiger partial charge < -0.3 is 31.0 Å². The molecule has 1 heterocycles. The highest BCUT2D eigenvalue weighted by molar-refractivity contribution is 6.02. The number of amidine groups is 1. The zero-order valence-electron chi connectivity index (χ0n) is 18.2. The molecule has 34 heavy (non-hydrogen) atoms. The number of oxime groups is 1. The predicted molar refractivity (Wildman–Crippen MR) is 122 cm³/mol. The van der Waals surface area contributed by atoms with E-state index < -0.39 is 30.1 Å². The fourth-order valence-electron chi connectivity index (χ4n) is 3.15. The lowest BCUT2D eigenvalue weighted by molar-refractivity contribution is -0.139. The van der Waals surface area contributed by atoms with Gasteiger partial charge >= 0.3 is 12.1 Å². The molecule has 178 valence electrons. The first kappa shape index (κ1) is 24.2. The van der Waals surface area contributed by atoms with Crippen LogP contribution >= 0.6 is 0 Å². The quantitative estimate of drug-likeness (QED) is 0.259. The summed E-state index contributed by atoms with van der Waals surface area (Å²) in [5.41, 5.74) is 8.23. The lowest BCUT2D eigenvalue weighted by atomic mass is 10.0. The van der Waals surface area contributed by atoms with Crippen LogP contribution in [0.25, 0.3) is 0 Å². The van der Waals surface area contributed by atoms with Gasteiger partial charge in [0.05, 0.1) is 12.1 Å². The number of hydrogen-bond acceptors (Lipinski definition) is 7. The minimum absolute atomic E-state index is 0.00972. The Bertz CT molecular complexity index is 1070. The summed E-state index contributed by atoms with van der Waals surface area (Å²) in [4.78, 5) is 41.0. The summed E-state index contributed by atoms with van der Waals surface area (Å²) in [6.45, 7) is -0.328. The first-order valence-corrected chi connectivity index (χ1v) is 10.5. The van der Waals surface area contributed by atoms with E-state index in [4.69, 9.17) is 20.7 Å². The van der Waals surface area contributed by atoms with Crippen LogP contribution in [0.15, 0.2) is 59.8 Å². The topological polar surface area (TPSA) is 176 Å². The van der Waals surface area contributed by atoms with Crippen molar-refractivity contribution in [1.29, 1.82) is 5.41 Å². The van der Waals surface area contributed by atoms with Gasteiger partial charge in [0.25, 0.3) is 0 Å². The van der Waals surface area contributed by atoms with Crippen LogP contribution in [0.2, 0.25) is 0 Å². The van der Waals surface area contributed by atoms with E-state index in [1.165, 1.54) is 0 Å². The van der Waals surface area contributed by atoms with Crippen LogP contribution in [-0.4, -0.2) is 53.3 Å². The molecule has 11 nitrogen and oxygen atoms in total. The summed E-state index contributed by atoms with van der Waals surface area (Å²) in [5, 5.41) is 25.5. The molecule has 0 bridgehead atoms. The second-order valence-corrected chi connectivity index (χ2v) is 7.57. The summed E-state index contributed by atoms with van der Waals surface area (Å²) in [6.07, 6.45) is -1.06. The number of nitrogens with zero attached hydrogens (tertiary/aromatic N) is 1. The maximum atomic E-state index is 12.3. The molecule has 0 spiro atoms. The number of carboxylic acid groups (broad SMARTS) is 1. The number of nitrogens with one attached hydrogen (secondary N) is 3. The maximum absolute atomic E-state index is 12.3. The Kier molecular flexibility index (Phi) is 8.16. The number of aliphatic carboxylic acids is 1. The Morgan fingerprint density at radius 3 is 2.53 bits per heavy atom. The molecule has 0 fully saturated rings. The number of rotatable bonds is 10. The zero-order chi connectivity index (χ0) is 24.5. The number of carbonyl (C=O) groups excluding carboxylic acids is 2. The van der Waals surface area contributed by atoms with E-state index in [2.05, 4.69) is 15.8 Å². The highest BCUT2D eigenvalue weighted by atomic mass is 16.6. The average molecular weight is 467 g/mol. The average Bonchev–Trinajstić information content (AvgIpc) is 3.29. The third kappa shape index (κ3) is 7.05. The highest BCUT2D eigenvalue weighted by Gasteiger charge is 2.26. The molecule has 2 aromatic rings. The minimum Gasteiger partial charge on any atom is -0.480 e. The van der Waals surface area contributed by atoms with Crippen molar-refractivity contribution < 1.29 is 29.1 Å². The molecule has 11 heteroatoms. The highest BCUT2D eigenvalue weighted by Crippen LogP contribution is 2.19. The SMILES string of the molecule is N=C(N)c1ccc(C2=NOC(CC(=O)NC[C@H](NC(=O)OCc3ccccc3)C(=O)O)C2)cc1. The summed E-state index contributed by atoms with van der Waals surface area (Å²) >= 11 is 0. The summed E-state index contributed by atoms with van der Waals surface area (Å²) < 4.78 is 5.02. The molecule has 2 aromatic carbocycles. The number of ether oxygens (including phenoxy) is 1. The summed E-state index contributed by atoms with van der Waals surface area (Å²) in [5.74, 6) is -1.79. The van der Waals surface area contributed by atoms with Crippen molar-refractivity contribution in [2.45, 2.75) is 31.6 Å². The molecule has 2 atom stereocenters. The smallest absolute Gasteiger partial charge is 0.408 e. The molecule has 0 aromatic heterocycles.